The molecule has 1 fully saturated rings. The molecule has 1 aromatic carbocycles. The van der Waals surface area contributed by atoms with Gasteiger partial charge in [0.15, 0.2) is 0 Å². The van der Waals surface area contributed by atoms with Gasteiger partial charge in [0.1, 0.15) is 18.0 Å². The highest BCUT2D eigenvalue weighted by Gasteiger charge is 2.43. The van der Waals surface area contributed by atoms with E-state index in [1.807, 2.05) is 18.5 Å². The zero-order chi connectivity index (χ0) is 18.3. The van der Waals surface area contributed by atoms with E-state index in [1.165, 1.54) is 16.8 Å². The molecule has 0 N–H and O–H groups in total. The van der Waals surface area contributed by atoms with Crippen molar-refractivity contribution in [2.75, 3.05) is 13.1 Å². The molecule has 1 saturated heterocycles. The molecule has 5 nitrogen and oxygen atoms in total. The van der Waals surface area contributed by atoms with Gasteiger partial charge in [-0.05, 0) is 31.0 Å². The van der Waals surface area contributed by atoms with Crippen molar-refractivity contribution in [1.29, 1.82) is 0 Å². The molecule has 5 rings (SSSR count). The standard InChI is InChI=1S/C22H24N4O/c1-17-5-7-18(8-6-17)20-12-24-21-14-27-22(16-26(20)21)9-11-25(15-22)13-19-4-2-3-10-23-19/h2-8,10,12H,9,11,13-16H2,1H3/t22-/m0/s1. The maximum absolute atomic E-state index is 6.34. The van der Waals surface area contributed by atoms with Crippen molar-refractivity contribution in [3.05, 3.63) is 71.9 Å². The molecule has 0 amide bonds. The van der Waals surface area contributed by atoms with Gasteiger partial charge >= 0.3 is 0 Å². The number of hydrogen-bond donors (Lipinski definition) is 0. The van der Waals surface area contributed by atoms with Gasteiger partial charge in [-0.3, -0.25) is 9.88 Å². The maximum Gasteiger partial charge on any atom is 0.135 e. The summed E-state index contributed by atoms with van der Waals surface area (Å²) in [4.78, 5) is 11.5. The number of aromatic nitrogens is 3. The average Bonchev–Trinajstić information content (AvgIpc) is 3.28. The van der Waals surface area contributed by atoms with Gasteiger partial charge in [0.2, 0.25) is 0 Å². The molecule has 0 aliphatic carbocycles. The van der Waals surface area contributed by atoms with Gasteiger partial charge in [-0.1, -0.05) is 35.9 Å². The second-order valence-corrected chi connectivity index (χ2v) is 7.77. The van der Waals surface area contributed by atoms with E-state index in [4.69, 9.17) is 4.74 Å². The van der Waals surface area contributed by atoms with Crippen LogP contribution in [0.1, 0.15) is 23.5 Å². The Labute approximate surface area is 159 Å². The van der Waals surface area contributed by atoms with Crippen LogP contribution in [0.3, 0.4) is 0 Å². The average molecular weight is 360 g/mol. The Hall–Kier alpha value is -2.50. The van der Waals surface area contributed by atoms with Crippen molar-refractivity contribution in [2.24, 2.45) is 0 Å². The summed E-state index contributed by atoms with van der Waals surface area (Å²) in [7, 11) is 0. The van der Waals surface area contributed by atoms with Gasteiger partial charge in [0.05, 0.1) is 24.1 Å². The summed E-state index contributed by atoms with van der Waals surface area (Å²) in [6, 6.07) is 14.8. The molecule has 1 atom stereocenters. The minimum absolute atomic E-state index is 0.123. The number of aryl methyl sites for hydroxylation is 1. The highest BCUT2D eigenvalue weighted by atomic mass is 16.5. The van der Waals surface area contributed by atoms with Crippen LogP contribution in [-0.4, -0.2) is 38.1 Å². The molecule has 0 bridgehead atoms. The van der Waals surface area contributed by atoms with Crippen LogP contribution in [0.5, 0.6) is 0 Å². The minimum atomic E-state index is -0.123. The molecule has 0 radical (unpaired) electrons. The molecule has 5 heteroatoms. The lowest BCUT2D eigenvalue weighted by atomic mass is 10.0. The molecule has 2 aromatic heterocycles. The fraction of sp³-hybridized carbons (Fsp3) is 0.364. The molecule has 4 heterocycles. The topological polar surface area (TPSA) is 43.2 Å². The summed E-state index contributed by atoms with van der Waals surface area (Å²) in [5, 5.41) is 0. The van der Waals surface area contributed by atoms with Crippen LogP contribution in [-0.2, 0) is 24.4 Å². The first-order valence-electron chi connectivity index (χ1n) is 9.59. The van der Waals surface area contributed by atoms with Crippen molar-refractivity contribution in [3.8, 4) is 11.3 Å². The van der Waals surface area contributed by atoms with Gasteiger partial charge in [-0.2, -0.15) is 0 Å². The van der Waals surface area contributed by atoms with Crippen LogP contribution >= 0.6 is 0 Å². The smallest absolute Gasteiger partial charge is 0.135 e. The van der Waals surface area contributed by atoms with Crippen LogP contribution in [0.15, 0.2) is 54.9 Å². The fourth-order valence-electron chi connectivity index (χ4n) is 4.24. The first-order valence-corrected chi connectivity index (χ1v) is 9.59. The molecular weight excluding hydrogens is 336 g/mol. The van der Waals surface area contributed by atoms with E-state index in [0.29, 0.717) is 6.61 Å². The van der Waals surface area contributed by atoms with Gasteiger partial charge in [-0.25, -0.2) is 4.98 Å². The Kier molecular flexibility index (Phi) is 4.06. The predicted molar refractivity (Wildman–Crippen MR) is 104 cm³/mol. The molecule has 138 valence electrons. The number of imidazole rings is 1. The van der Waals surface area contributed by atoms with E-state index in [0.717, 1.165) is 44.1 Å². The summed E-state index contributed by atoms with van der Waals surface area (Å²) >= 11 is 0. The molecule has 0 unspecified atom stereocenters. The summed E-state index contributed by atoms with van der Waals surface area (Å²) in [6.07, 6.45) is 4.90. The highest BCUT2D eigenvalue weighted by Crippen LogP contribution is 2.35. The first-order chi connectivity index (χ1) is 13.2. The molecule has 3 aromatic rings. The Morgan fingerprint density at radius 3 is 2.78 bits per heavy atom. The van der Waals surface area contributed by atoms with Crippen LogP contribution in [0, 0.1) is 6.92 Å². The Bertz CT molecular complexity index is 935. The highest BCUT2D eigenvalue weighted by molar-refractivity contribution is 5.60. The van der Waals surface area contributed by atoms with Crippen molar-refractivity contribution in [3.63, 3.8) is 0 Å². The molecule has 27 heavy (non-hydrogen) atoms. The number of ether oxygens (including phenoxy) is 1. The van der Waals surface area contributed by atoms with Gasteiger partial charge < -0.3 is 9.30 Å². The van der Waals surface area contributed by atoms with E-state index in [2.05, 4.69) is 62.8 Å². The second kappa shape index (κ2) is 6.59. The molecule has 2 aliphatic rings. The Balaban J connectivity index is 1.36. The Morgan fingerprint density at radius 1 is 1.07 bits per heavy atom. The van der Waals surface area contributed by atoms with Crippen molar-refractivity contribution < 1.29 is 4.74 Å². The number of rotatable bonds is 3. The van der Waals surface area contributed by atoms with Gasteiger partial charge in [-0.15, -0.1) is 0 Å². The summed E-state index contributed by atoms with van der Waals surface area (Å²) in [5.74, 6) is 1.03. The number of benzene rings is 1. The third-order valence-corrected chi connectivity index (χ3v) is 5.75. The number of nitrogens with zero attached hydrogens (tertiary/aromatic N) is 4. The van der Waals surface area contributed by atoms with Gasteiger partial charge in [0, 0.05) is 25.8 Å². The lowest BCUT2D eigenvalue weighted by molar-refractivity contribution is -0.0821. The first kappa shape index (κ1) is 16.7. The van der Waals surface area contributed by atoms with E-state index < -0.39 is 0 Å². The SMILES string of the molecule is Cc1ccc(-c2cnc3n2C[C@@]2(CCN(Cc4ccccn4)C2)OC3)cc1. The zero-order valence-corrected chi connectivity index (χ0v) is 15.6. The van der Waals surface area contributed by atoms with Crippen molar-refractivity contribution >= 4 is 0 Å². The quantitative estimate of drug-likeness (QED) is 0.718. The number of hydrogen-bond acceptors (Lipinski definition) is 4. The van der Waals surface area contributed by atoms with E-state index in [1.54, 1.807) is 0 Å². The third-order valence-electron chi connectivity index (χ3n) is 5.75. The van der Waals surface area contributed by atoms with Crippen molar-refractivity contribution in [1.82, 2.24) is 19.4 Å². The van der Waals surface area contributed by atoms with Crippen molar-refractivity contribution in [2.45, 2.75) is 38.6 Å². The van der Waals surface area contributed by atoms with Crippen LogP contribution in [0.2, 0.25) is 0 Å². The lowest BCUT2D eigenvalue weighted by Gasteiger charge is -2.35. The summed E-state index contributed by atoms with van der Waals surface area (Å²) < 4.78 is 8.70. The second-order valence-electron chi connectivity index (χ2n) is 7.77. The molecule has 0 saturated carbocycles. The molecule has 1 spiro atoms. The maximum atomic E-state index is 6.34. The van der Waals surface area contributed by atoms with Gasteiger partial charge in [0.25, 0.3) is 0 Å². The minimum Gasteiger partial charge on any atom is -0.364 e. The fourth-order valence-corrected chi connectivity index (χ4v) is 4.24. The van der Waals surface area contributed by atoms with E-state index in [9.17, 15) is 0 Å². The monoisotopic (exact) mass is 360 g/mol. The number of fused-ring (bicyclic) bond motifs is 1. The van der Waals surface area contributed by atoms with Crippen LogP contribution in [0.4, 0.5) is 0 Å². The number of likely N-dealkylation sites (tertiary alicyclic amines) is 1. The normalized spacial score (nSPS) is 22.3. The third kappa shape index (κ3) is 3.17. The van der Waals surface area contributed by atoms with E-state index in [-0.39, 0.29) is 5.60 Å². The Morgan fingerprint density at radius 2 is 1.96 bits per heavy atom. The van der Waals surface area contributed by atoms with E-state index >= 15 is 0 Å². The molecule has 2 aliphatic heterocycles. The number of pyridine rings is 1. The summed E-state index contributed by atoms with van der Waals surface area (Å²) in [6.45, 7) is 6.43. The lowest BCUT2D eigenvalue weighted by Crippen LogP contribution is -2.44. The summed E-state index contributed by atoms with van der Waals surface area (Å²) in [5.41, 5.74) is 4.68. The van der Waals surface area contributed by atoms with Crippen LogP contribution < -0.4 is 0 Å². The van der Waals surface area contributed by atoms with Crippen LogP contribution in [0.25, 0.3) is 11.3 Å². The predicted octanol–water partition coefficient (Wildman–Crippen LogP) is 3.43. The zero-order valence-electron chi connectivity index (χ0n) is 15.6. The molecular formula is C22H24N4O. The largest absolute Gasteiger partial charge is 0.364 e.